The molecule has 7 heteroatoms. The highest BCUT2D eigenvalue weighted by Crippen LogP contribution is 2.33. The number of aromatic nitrogens is 1. The Bertz CT molecular complexity index is 1020. The van der Waals surface area contributed by atoms with E-state index in [1.165, 1.54) is 10.3 Å². The van der Waals surface area contributed by atoms with Gasteiger partial charge in [-0.25, -0.2) is 0 Å². The molecule has 146 valence electrons. The first-order chi connectivity index (χ1) is 13.7. The highest BCUT2D eigenvalue weighted by atomic mass is 32.1. The number of carbonyl (C=O) groups excluding carboxylic acids is 1. The molecule has 0 spiro atoms. The zero-order valence-corrected chi connectivity index (χ0v) is 16.7. The monoisotopic (exact) mass is 397 g/mol. The first kappa shape index (κ1) is 17.6. The van der Waals surface area contributed by atoms with E-state index in [9.17, 15) is 4.79 Å². The lowest BCUT2D eigenvalue weighted by Gasteiger charge is -2.35. The third-order valence-electron chi connectivity index (χ3n) is 5.56. The third-order valence-corrected chi connectivity index (χ3v) is 6.41. The molecule has 0 saturated carbocycles. The highest BCUT2D eigenvalue weighted by molar-refractivity contribution is 7.17. The van der Waals surface area contributed by atoms with E-state index in [4.69, 9.17) is 9.47 Å². The fourth-order valence-electron chi connectivity index (χ4n) is 4.06. The Morgan fingerprint density at radius 2 is 1.89 bits per heavy atom. The molecule has 0 N–H and O–H groups in total. The summed E-state index contributed by atoms with van der Waals surface area (Å²) < 4.78 is 14.2. The van der Waals surface area contributed by atoms with E-state index in [2.05, 4.69) is 40.0 Å². The zero-order chi connectivity index (χ0) is 19.1. The van der Waals surface area contributed by atoms with Crippen LogP contribution in [0.5, 0.6) is 11.5 Å². The number of amides is 1. The van der Waals surface area contributed by atoms with Crippen molar-refractivity contribution < 1.29 is 14.3 Å². The van der Waals surface area contributed by atoms with Gasteiger partial charge in [0.2, 0.25) is 6.79 Å². The van der Waals surface area contributed by atoms with Crippen LogP contribution in [0.15, 0.2) is 35.7 Å². The average molecular weight is 398 g/mol. The van der Waals surface area contributed by atoms with E-state index >= 15 is 0 Å². The maximum Gasteiger partial charge on any atom is 0.270 e. The Morgan fingerprint density at radius 3 is 2.71 bits per heavy atom. The minimum atomic E-state index is 0.146. The van der Waals surface area contributed by atoms with Crippen LogP contribution < -0.4 is 9.47 Å². The number of carbonyl (C=O) groups is 1. The van der Waals surface area contributed by atoms with E-state index in [1.54, 1.807) is 11.3 Å². The molecule has 0 unspecified atom stereocenters. The van der Waals surface area contributed by atoms with Crippen molar-refractivity contribution >= 4 is 27.5 Å². The molecule has 28 heavy (non-hydrogen) atoms. The molecule has 0 aliphatic carbocycles. The summed E-state index contributed by atoms with van der Waals surface area (Å²) in [6.45, 7) is 7.33. The molecule has 1 saturated heterocycles. The lowest BCUT2D eigenvalue weighted by Crippen LogP contribution is -2.48. The molecule has 1 aromatic carbocycles. The van der Waals surface area contributed by atoms with Crippen LogP contribution in [0.4, 0.5) is 0 Å². The zero-order valence-electron chi connectivity index (χ0n) is 15.9. The minimum Gasteiger partial charge on any atom is -0.454 e. The third kappa shape index (κ3) is 3.04. The summed E-state index contributed by atoms with van der Waals surface area (Å²) in [5.41, 5.74) is 3.19. The number of aryl methyl sites for hydroxylation is 1. The second-order valence-electron chi connectivity index (χ2n) is 7.20. The topological polar surface area (TPSA) is 46.9 Å². The van der Waals surface area contributed by atoms with Crippen LogP contribution >= 0.6 is 11.3 Å². The van der Waals surface area contributed by atoms with Gasteiger partial charge in [0, 0.05) is 39.3 Å². The van der Waals surface area contributed by atoms with Gasteiger partial charge in [0.05, 0.1) is 10.2 Å². The Morgan fingerprint density at radius 1 is 1.07 bits per heavy atom. The molecule has 1 fully saturated rings. The Labute approximate surface area is 167 Å². The lowest BCUT2D eigenvalue weighted by molar-refractivity contribution is 0.0618. The number of piperazine rings is 1. The number of thiophene rings is 1. The smallest absolute Gasteiger partial charge is 0.270 e. The van der Waals surface area contributed by atoms with Crippen LogP contribution in [-0.4, -0.2) is 53.2 Å². The van der Waals surface area contributed by atoms with Crippen LogP contribution in [-0.2, 0) is 13.1 Å². The summed E-state index contributed by atoms with van der Waals surface area (Å²) in [5.74, 6) is 1.79. The van der Waals surface area contributed by atoms with E-state index in [-0.39, 0.29) is 5.91 Å². The number of rotatable bonds is 4. The molecule has 2 aliphatic heterocycles. The molecule has 1 amide bonds. The van der Waals surface area contributed by atoms with Gasteiger partial charge in [-0.15, -0.1) is 11.3 Å². The summed E-state index contributed by atoms with van der Waals surface area (Å²) in [6.07, 6.45) is 0. The highest BCUT2D eigenvalue weighted by Gasteiger charge is 2.25. The molecule has 5 rings (SSSR count). The van der Waals surface area contributed by atoms with Crippen molar-refractivity contribution in [2.45, 2.75) is 20.0 Å². The molecule has 6 nitrogen and oxygen atoms in total. The molecule has 0 atom stereocenters. The van der Waals surface area contributed by atoms with Crippen molar-refractivity contribution in [3.63, 3.8) is 0 Å². The van der Waals surface area contributed by atoms with Gasteiger partial charge in [-0.1, -0.05) is 6.07 Å². The first-order valence-corrected chi connectivity index (χ1v) is 10.6. The van der Waals surface area contributed by atoms with Gasteiger partial charge in [-0.2, -0.15) is 0 Å². The summed E-state index contributed by atoms with van der Waals surface area (Å²) in [5, 5.41) is 2.08. The maximum atomic E-state index is 13.1. The number of hydrogen-bond donors (Lipinski definition) is 0. The van der Waals surface area contributed by atoms with Gasteiger partial charge in [0.25, 0.3) is 5.91 Å². The van der Waals surface area contributed by atoms with Gasteiger partial charge in [-0.05, 0) is 42.1 Å². The molecule has 0 bridgehead atoms. The molecule has 2 aromatic heterocycles. The van der Waals surface area contributed by atoms with Crippen molar-refractivity contribution in [2.75, 3.05) is 33.0 Å². The second kappa shape index (κ2) is 7.14. The fraction of sp³-hybridized carbons (Fsp3) is 0.381. The van der Waals surface area contributed by atoms with Crippen LogP contribution in [0.25, 0.3) is 10.2 Å². The van der Waals surface area contributed by atoms with Gasteiger partial charge >= 0.3 is 0 Å². The summed E-state index contributed by atoms with van der Waals surface area (Å²) >= 11 is 1.69. The van der Waals surface area contributed by atoms with E-state index in [0.717, 1.165) is 62.0 Å². The Hall–Kier alpha value is -2.51. The predicted octanol–water partition coefficient (Wildman–Crippen LogP) is 3.41. The van der Waals surface area contributed by atoms with Crippen LogP contribution in [0.1, 0.15) is 23.0 Å². The normalized spacial score (nSPS) is 16.8. The molecular weight excluding hydrogens is 374 g/mol. The number of ether oxygens (including phenoxy) is 2. The van der Waals surface area contributed by atoms with Crippen LogP contribution in [0, 0.1) is 0 Å². The van der Waals surface area contributed by atoms with Crippen molar-refractivity contribution in [3.8, 4) is 11.5 Å². The SMILES string of the molecule is CCn1c(C(=O)N2CCN(Cc3ccc4c(c3)OCO4)CC2)cc2sccc21. The Kier molecular flexibility index (Phi) is 4.49. The molecule has 3 aromatic rings. The summed E-state index contributed by atoms with van der Waals surface area (Å²) in [4.78, 5) is 17.5. The Balaban J connectivity index is 1.24. The number of nitrogens with zero attached hydrogens (tertiary/aromatic N) is 3. The van der Waals surface area contributed by atoms with Crippen molar-refractivity contribution in [3.05, 3.63) is 47.0 Å². The minimum absolute atomic E-state index is 0.146. The average Bonchev–Trinajstić information content (AvgIpc) is 3.43. The molecule has 0 radical (unpaired) electrons. The van der Waals surface area contributed by atoms with E-state index < -0.39 is 0 Å². The van der Waals surface area contributed by atoms with Gasteiger partial charge in [0.15, 0.2) is 11.5 Å². The fourth-order valence-corrected chi connectivity index (χ4v) is 4.89. The largest absolute Gasteiger partial charge is 0.454 e. The quantitative estimate of drug-likeness (QED) is 0.677. The first-order valence-electron chi connectivity index (χ1n) is 9.70. The lowest BCUT2D eigenvalue weighted by atomic mass is 10.1. The predicted molar refractivity (Wildman–Crippen MR) is 109 cm³/mol. The van der Waals surface area contributed by atoms with Crippen molar-refractivity contribution in [1.82, 2.24) is 14.4 Å². The van der Waals surface area contributed by atoms with Crippen LogP contribution in [0.2, 0.25) is 0 Å². The second-order valence-corrected chi connectivity index (χ2v) is 8.15. The van der Waals surface area contributed by atoms with Gasteiger partial charge in [-0.3, -0.25) is 9.69 Å². The standard InChI is InChI=1S/C21H23N3O3S/c1-2-24-16-5-10-28-20(16)12-17(24)21(25)23-8-6-22(7-9-23)13-15-3-4-18-19(11-15)27-14-26-18/h3-5,10-12H,2,6-9,13-14H2,1H3. The summed E-state index contributed by atoms with van der Waals surface area (Å²) in [6, 6.07) is 10.3. The maximum absolute atomic E-state index is 13.1. The number of fused-ring (bicyclic) bond motifs is 2. The number of benzene rings is 1. The van der Waals surface area contributed by atoms with Crippen molar-refractivity contribution in [1.29, 1.82) is 0 Å². The summed E-state index contributed by atoms with van der Waals surface area (Å²) in [7, 11) is 0. The number of hydrogen-bond acceptors (Lipinski definition) is 5. The molecule has 4 heterocycles. The van der Waals surface area contributed by atoms with Crippen molar-refractivity contribution in [2.24, 2.45) is 0 Å². The van der Waals surface area contributed by atoms with E-state index in [0.29, 0.717) is 6.79 Å². The van der Waals surface area contributed by atoms with Crippen LogP contribution in [0.3, 0.4) is 0 Å². The van der Waals surface area contributed by atoms with Gasteiger partial charge in [0.1, 0.15) is 5.69 Å². The molecule has 2 aliphatic rings. The van der Waals surface area contributed by atoms with Gasteiger partial charge < -0.3 is 18.9 Å². The van der Waals surface area contributed by atoms with E-state index in [1.807, 2.05) is 17.0 Å². The molecular formula is C21H23N3O3S.